The van der Waals surface area contributed by atoms with Crippen molar-refractivity contribution in [3.05, 3.63) is 43.9 Å². The summed E-state index contributed by atoms with van der Waals surface area (Å²) >= 11 is 14.1. The maximum Gasteiger partial charge on any atom is 0.234 e. The van der Waals surface area contributed by atoms with E-state index < -0.39 is 0 Å². The molecule has 1 amide bonds. The highest BCUT2D eigenvalue weighted by atomic mass is 79.9. The van der Waals surface area contributed by atoms with Gasteiger partial charge in [0.15, 0.2) is 10.8 Å². The summed E-state index contributed by atoms with van der Waals surface area (Å²) < 4.78 is 1.66. The van der Waals surface area contributed by atoms with Crippen molar-refractivity contribution < 1.29 is 4.79 Å². The number of benzene rings is 1. The summed E-state index contributed by atoms with van der Waals surface area (Å²) in [6, 6.07) is 5.64. The van der Waals surface area contributed by atoms with Crippen LogP contribution in [0.4, 0.5) is 5.69 Å². The van der Waals surface area contributed by atoms with Crippen LogP contribution in [0.25, 0.3) is 11.2 Å². The van der Waals surface area contributed by atoms with Gasteiger partial charge in [-0.25, -0.2) is 9.97 Å². The fourth-order valence-corrected chi connectivity index (χ4v) is 4.49. The summed E-state index contributed by atoms with van der Waals surface area (Å²) in [5.41, 5.74) is 3.12. The van der Waals surface area contributed by atoms with Gasteiger partial charge in [0.1, 0.15) is 0 Å². The number of hydrogen-bond acceptors (Lipinski definition) is 4. The lowest BCUT2D eigenvalue weighted by molar-refractivity contribution is -0.113. The SMILES string of the molecule is Cc1cc(Br)c(NC(=O)CSc2nc3ncc(Cl)cc3[nH]2)c(Br)c1. The molecule has 0 radical (unpaired) electrons. The number of hydrogen-bond donors (Lipinski definition) is 2. The molecule has 3 rings (SSSR count). The number of fused-ring (bicyclic) bond motifs is 1. The van der Waals surface area contributed by atoms with Gasteiger partial charge in [0.2, 0.25) is 5.91 Å². The maximum atomic E-state index is 12.2. The Morgan fingerprint density at radius 2 is 2.04 bits per heavy atom. The molecule has 2 aromatic heterocycles. The number of anilines is 1. The molecule has 0 aliphatic carbocycles. The molecular weight excluding hydrogens is 480 g/mol. The van der Waals surface area contributed by atoms with Gasteiger partial charge >= 0.3 is 0 Å². The van der Waals surface area contributed by atoms with Gasteiger partial charge in [-0.1, -0.05) is 23.4 Å². The zero-order valence-corrected chi connectivity index (χ0v) is 17.1. The lowest BCUT2D eigenvalue weighted by atomic mass is 10.2. The van der Waals surface area contributed by atoms with E-state index in [2.05, 4.69) is 52.1 Å². The van der Waals surface area contributed by atoms with E-state index >= 15 is 0 Å². The normalized spacial score (nSPS) is 11.0. The van der Waals surface area contributed by atoms with Crippen LogP contribution in [0, 0.1) is 6.92 Å². The molecule has 0 aliphatic rings. The molecule has 5 nitrogen and oxygen atoms in total. The third kappa shape index (κ3) is 4.11. The second-order valence-electron chi connectivity index (χ2n) is 5.01. The average molecular weight is 491 g/mol. The molecule has 3 aromatic rings. The molecule has 0 saturated heterocycles. The van der Waals surface area contributed by atoms with E-state index in [0.29, 0.717) is 21.5 Å². The number of thioether (sulfide) groups is 1. The van der Waals surface area contributed by atoms with Crippen LogP contribution < -0.4 is 5.32 Å². The van der Waals surface area contributed by atoms with Crippen molar-refractivity contribution in [3.63, 3.8) is 0 Å². The predicted molar refractivity (Wildman–Crippen MR) is 105 cm³/mol. The molecule has 9 heteroatoms. The lowest BCUT2D eigenvalue weighted by Crippen LogP contribution is -2.15. The largest absolute Gasteiger partial charge is 0.331 e. The van der Waals surface area contributed by atoms with Crippen LogP contribution in [0.1, 0.15) is 5.56 Å². The molecule has 124 valence electrons. The monoisotopic (exact) mass is 488 g/mol. The van der Waals surface area contributed by atoms with E-state index in [1.165, 1.54) is 11.8 Å². The van der Waals surface area contributed by atoms with Crippen molar-refractivity contribution in [2.75, 3.05) is 11.1 Å². The molecule has 0 aliphatic heterocycles. The van der Waals surface area contributed by atoms with E-state index in [9.17, 15) is 4.79 Å². The Morgan fingerprint density at radius 1 is 1.33 bits per heavy atom. The third-order valence-corrected chi connectivity index (χ3v) is 5.40. The second-order valence-corrected chi connectivity index (χ2v) is 8.12. The summed E-state index contributed by atoms with van der Waals surface area (Å²) in [6.07, 6.45) is 1.54. The summed E-state index contributed by atoms with van der Waals surface area (Å²) in [4.78, 5) is 23.7. The third-order valence-electron chi connectivity index (χ3n) is 3.07. The molecule has 0 unspecified atom stereocenters. The molecular formula is C15H11Br2ClN4OS. The van der Waals surface area contributed by atoms with Gasteiger partial charge in [-0.2, -0.15) is 0 Å². The number of carbonyl (C=O) groups is 1. The Bertz CT molecular complexity index is 908. The highest BCUT2D eigenvalue weighted by Crippen LogP contribution is 2.32. The summed E-state index contributed by atoms with van der Waals surface area (Å²) in [7, 11) is 0. The molecule has 1 aromatic carbocycles. The highest BCUT2D eigenvalue weighted by Gasteiger charge is 2.12. The van der Waals surface area contributed by atoms with Crippen molar-refractivity contribution >= 4 is 78.0 Å². The van der Waals surface area contributed by atoms with Crippen LogP contribution in [0.3, 0.4) is 0 Å². The molecule has 2 heterocycles. The molecule has 2 N–H and O–H groups in total. The van der Waals surface area contributed by atoms with Crippen LogP contribution in [-0.4, -0.2) is 26.6 Å². The Kier molecular flexibility index (Phi) is 5.49. The Balaban J connectivity index is 1.67. The van der Waals surface area contributed by atoms with Crippen molar-refractivity contribution in [1.29, 1.82) is 0 Å². The molecule has 0 bridgehead atoms. The fourth-order valence-electron chi connectivity index (χ4n) is 2.05. The first-order valence-corrected chi connectivity index (χ1v) is 9.77. The molecule has 0 atom stereocenters. The number of carbonyl (C=O) groups excluding carboxylic acids is 1. The van der Waals surface area contributed by atoms with Crippen molar-refractivity contribution in [1.82, 2.24) is 15.0 Å². The van der Waals surface area contributed by atoms with Gasteiger partial charge in [0.05, 0.1) is 22.0 Å². The van der Waals surface area contributed by atoms with Crippen LogP contribution in [0.15, 0.2) is 38.5 Å². The van der Waals surface area contributed by atoms with Gasteiger partial charge in [0.25, 0.3) is 0 Å². The van der Waals surface area contributed by atoms with Crippen molar-refractivity contribution in [3.8, 4) is 0 Å². The minimum atomic E-state index is -0.128. The van der Waals surface area contributed by atoms with Crippen molar-refractivity contribution in [2.45, 2.75) is 12.1 Å². The molecule has 24 heavy (non-hydrogen) atoms. The van der Waals surface area contributed by atoms with Gasteiger partial charge in [-0.15, -0.1) is 0 Å². The minimum absolute atomic E-state index is 0.128. The van der Waals surface area contributed by atoms with E-state index in [1.54, 1.807) is 12.3 Å². The summed E-state index contributed by atoms with van der Waals surface area (Å²) in [5.74, 6) is 0.0945. The van der Waals surface area contributed by atoms with E-state index in [-0.39, 0.29) is 11.7 Å². The number of H-pyrrole nitrogens is 1. The second kappa shape index (κ2) is 7.43. The van der Waals surface area contributed by atoms with E-state index in [1.807, 2.05) is 19.1 Å². The number of imidazole rings is 1. The first-order valence-electron chi connectivity index (χ1n) is 6.82. The van der Waals surface area contributed by atoms with Gasteiger partial charge < -0.3 is 10.3 Å². The average Bonchev–Trinajstić information content (AvgIpc) is 2.90. The fraction of sp³-hybridized carbons (Fsp3) is 0.133. The zero-order chi connectivity index (χ0) is 17.3. The smallest absolute Gasteiger partial charge is 0.234 e. The number of nitrogens with zero attached hydrogens (tertiary/aromatic N) is 2. The number of aryl methyl sites for hydroxylation is 1. The van der Waals surface area contributed by atoms with Crippen LogP contribution in [0.5, 0.6) is 0 Å². The Morgan fingerprint density at radius 3 is 2.75 bits per heavy atom. The van der Waals surface area contributed by atoms with Gasteiger partial charge in [-0.3, -0.25) is 4.79 Å². The highest BCUT2D eigenvalue weighted by molar-refractivity contribution is 9.11. The zero-order valence-electron chi connectivity index (χ0n) is 12.4. The predicted octanol–water partition coefficient (Wildman–Crippen LogP) is 5.18. The van der Waals surface area contributed by atoms with Gasteiger partial charge in [-0.05, 0) is 62.5 Å². The number of amides is 1. The summed E-state index contributed by atoms with van der Waals surface area (Å²) in [6.45, 7) is 1.98. The lowest BCUT2D eigenvalue weighted by Gasteiger charge is -2.10. The number of halogens is 3. The first-order chi connectivity index (χ1) is 11.4. The standard InChI is InChI=1S/C15H11Br2ClN4OS/c1-7-2-9(16)13(10(17)3-7)21-12(23)6-24-15-20-11-4-8(18)5-19-14(11)22-15/h2-5H,6H2,1H3,(H,21,23)(H,19,20,22). The van der Waals surface area contributed by atoms with Crippen LogP contribution >= 0.6 is 55.2 Å². The molecule has 0 spiro atoms. The van der Waals surface area contributed by atoms with Crippen LogP contribution in [0.2, 0.25) is 5.02 Å². The van der Waals surface area contributed by atoms with E-state index in [0.717, 1.165) is 20.0 Å². The number of nitrogens with one attached hydrogen (secondary N) is 2. The summed E-state index contributed by atoms with van der Waals surface area (Å²) in [5, 5.41) is 4.05. The minimum Gasteiger partial charge on any atom is -0.331 e. The molecule has 0 fully saturated rings. The van der Waals surface area contributed by atoms with Crippen molar-refractivity contribution in [2.24, 2.45) is 0 Å². The first kappa shape index (κ1) is 17.7. The number of aromatic amines is 1. The molecule has 0 saturated carbocycles. The van der Waals surface area contributed by atoms with Gasteiger partial charge in [0, 0.05) is 15.1 Å². The topological polar surface area (TPSA) is 70.7 Å². The number of rotatable bonds is 4. The number of aromatic nitrogens is 3. The Labute approximate surface area is 164 Å². The number of pyridine rings is 1. The van der Waals surface area contributed by atoms with E-state index in [4.69, 9.17) is 11.6 Å². The van der Waals surface area contributed by atoms with Crippen LogP contribution in [-0.2, 0) is 4.79 Å². The Hall–Kier alpha value is -1.09. The maximum absolute atomic E-state index is 12.2. The quantitative estimate of drug-likeness (QED) is 0.495.